The van der Waals surface area contributed by atoms with Crippen molar-refractivity contribution < 1.29 is 9.15 Å². The molecule has 0 saturated carbocycles. The number of halogens is 1. The van der Waals surface area contributed by atoms with Crippen molar-refractivity contribution >= 4 is 11.6 Å². The molecule has 102 valence electrons. The van der Waals surface area contributed by atoms with Crippen LogP contribution in [0.1, 0.15) is 12.5 Å². The standard InChI is InChI=1S/C14H17ClN2O2/c1-10(19-13-4-2-3-12(15)8-13)14(17-16)7-11-5-6-18-9-11/h2-6,8-10,14,17H,7,16H2,1H3. The number of hydrogen-bond acceptors (Lipinski definition) is 4. The van der Waals surface area contributed by atoms with Crippen LogP contribution in [0.2, 0.25) is 5.02 Å². The Kier molecular flexibility index (Phi) is 4.85. The summed E-state index contributed by atoms with van der Waals surface area (Å²) in [5.74, 6) is 6.32. The van der Waals surface area contributed by atoms with Gasteiger partial charge in [-0.05, 0) is 43.2 Å². The van der Waals surface area contributed by atoms with Gasteiger partial charge in [0.25, 0.3) is 0 Å². The van der Waals surface area contributed by atoms with Crippen molar-refractivity contribution in [1.82, 2.24) is 5.43 Å². The van der Waals surface area contributed by atoms with Gasteiger partial charge in [0.05, 0.1) is 18.6 Å². The maximum absolute atomic E-state index is 5.92. The zero-order chi connectivity index (χ0) is 13.7. The maximum atomic E-state index is 5.92. The number of rotatable bonds is 6. The quantitative estimate of drug-likeness (QED) is 0.631. The van der Waals surface area contributed by atoms with Crippen LogP contribution in [0.3, 0.4) is 0 Å². The van der Waals surface area contributed by atoms with Gasteiger partial charge in [-0.3, -0.25) is 11.3 Å². The molecule has 3 N–H and O–H groups in total. The van der Waals surface area contributed by atoms with Crippen molar-refractivity contribution in [3.05, 3.63) is 53.4 Å². The van der Waals surface area contributed by atoms with Crippen molar-refractivity contribution in [1.29, 1.82) is 0 Å². The molecule has 0 fully saturated rings. The van der Waals surface area contributed by atoms with E-state index in [1.165, 1.54) is 0 Å². The number of hydrazine groups is 1. The fourth-order valence-electron chi connectivity index (χ4n) is 1.86. The summed E-state index contributed by atoms with van der Waals surface area (Å²) in [6, 6.07) is 9.21. The summed E-state index contributed by atoms with van der Waals surface area (Å²) in [7, 11) is 0. The number of furan rings is 1. The van der Waals surface area contributed by atoms with E-state index in [0.29, 0.717) is 5.02 Å². The largest absolute Gasteiger partial charge is 0.489 e. The Bertz CT molecular complexity index is 502. The summed E-state index contributed by atoms with van der Waals surface area (Å²) < 4.78 is 10.9. The van der Waals surface area contributed by atoms with Crippen molar-refractivity contribution in [3.63, 3.8) is 0 Å². The lowest BCUT2D eigenvalue weighted by molar-refractivity contribution is 0.169. The lowest BCUT2D eigenvalue weighted by atomic mass is 10.1. The van der Waals surface area contributed by atoms with Gasteiger partial charge < -0.3 is 9.15 Å². The van der Waals surface area contributed by atoms with Gasteiger partial charge in [0, 0.05) is 5.02 Å². The highest BCUT2D eigenvalue weighted by molar-refractivity contribution is 6.30. The van der Waals surface area contributed by atoms with Crippen LogP contribution in [-0.4, -0.2) is 12.1 Å². The van der Waals surface area contributed by atoms with Crippen LogP contribution in [0.25, 0.3) is 0 Å². The van der Waals surface area contributed by atoms with Gasteiger partial charge in [-0.1, -0.05) is 17.7 Å². The van der Waals surface area contributed by atoms with Crippen LogP contribution in [0, 0.1) is 0 Å². The fraction of sp³-hybridized carbons (Fsp3) is 0.286. The average Bonchev–Trinajstić information content (AvgIpc) is 2.88. The van der Waals surface area contributed by atoms with Gasteiger partial charge >= 0.3 is 0 Å². The molecule has 0 radical (unpaired) electrons. The van der Waals surface area contributed by atoms with Gasteiger partial charge in [0.1, 0.15) is 11.9 Å². The third kappa shape index (κ3) is 3.99. The normalized spacial score (nSPS) is 14.1. The van der Waals surface area contributed by atoms with Gasteiger partial charge in [-0.25, -0.2) is 0 Å². The smallest absolute Gasteiger partial charge is 0.121 e. The number of nitrogens with two attached hydrogens (primary N) is 1. The summed E-state index contributed by atoms with van der Waals surface area (Å²) in [5.41, 5.74) is 3.85. The van der Waals surface area contributed by atoms with Crippen molar-refractivity contribution in [2.75, 3.05) is 0 Å². The van der Waals surface area contributed by atoms with Gasteiger partial charge in [0.2, 0.25) is 0 Å². The number of hydrogen-bond donors (Lipinski definition) is 2. The van der Waals surface area contributed by atoms with E-state index in [1.54, 1.807) is 18.6 Å². The molecule has 2 unspecified atom stereocenters. The van der Waals surface area contributed by atoms with Crippen molar-refractivity contribution in [2.24, 2.45) is 5.84 Å². The second-order valence-corrected chi connectivity index (χ2v) is 4.83. The lowest BCUT2D eigenvalue weighted by Gasteiger charge is -2.24. The average molecular weight is 281 g/mol. The Labute approximate surface area is 117 Å². The Morgan fingerprint density at radius 3 is 2.89 bits per heavy atom. The van der Waals surface area contributed by atoms with E-state index in [0.717, 1.165) is 17.7 Å². The van der Waals surface area contributed by atoms with Crippen LogP contribution in [0.4, 0.5) is 0 Å². The monoisotopic (exact) mass is 280 g/mol. The molecule has 0 spiro atoms. The Morgan fingerprint density at radius 2 is 2.26 bits per heavy atom. The molecule has 19 heavy (non-hydrogen) atoms. The molecule has 1 heterocycles. The molecule has 2 atom stereocenters. The lowest BCUT2D eigenvalue weighted by Crippen LogP contribution is -2.46. The Morgan fingerprint density at radius 1 is 1.42 bits per heavy atom. The molecule has 1 aromatic carbocycles. The molecule has 0 aliphatic rings. The van der Waals surface area contributed by atoms with Crippen LogP contribution in [-0.2, 0) is 6.42 Å². The van der Waals surface area contributed by atoms with Gasteiger partial charge in [-0.15, -0.1) is 0 Å². The summed E-state index contributed by atoms with van der Waals surface area (Å²) in [4.78, 5) is 0. The first kappa shape index (κ1) is 13.9. The fourth-order valence-corrected chi connectivity index (χ4v) is 2.04. The predicted molar refractivity (Wildman–Crippen MR) is 75.1 cm³/mol. The van der Waals surface area contributed by atoms with Gasteiger partial charge in [-0.2, -0.15) is 0 Å². The molecular formula is C14H17ClN2O2. The molecule has 0 aliphatic carbocycles. The summed E-state index contributed by atoms with van der Waals surface area (Å²) in [6.07, 6.45) is 3.98. The van der Waals surface area contributed by atoms with E-state index in [4.69, 9.17) is 26.6 Å². The maximum Gasteiger partial charge on any atom is 0.121 e. The van der Waals surface area contributed by atoms with Crippen LogP contribution in [0.15, 0.2) is 47.3 Å². The summed E-state index contributed by atoms with van der Waals surface area (Å²) in [6.45, 7) is 1.96. The summed E-state index contributed by atoms with van der Waals surface area (Å²) >= 11 is 5.92. The molecule has 0 aliphatic heterocycles. The van der Waals surface area contributed by atoms with E-state index in [2.05, 4.69) is 5.43 Å². The number of benzene rings is 1. The molecule has 2 rings (SSSR count). The van der Waals surface area contributed by atoms with E-state index >= 15 is 0 Å². The molecule has 0 amide bonds. The first-order valence-electron chi connectivity index (χ1n) is 6.08. The molecule has 5 heteroatoms. The van der Waals surface area contributed by atoms with Crippen molar-refractivity contribution in [3.8, 4) is 5.75 Å². The molecule has 1 aromatic heterocycles. The Balaban J connectivity index is 1.98. The highest BCUT2D eigenvalue weighted by Crippen LogP contribution is 2.19. The van der Waals surface area contributed by atoms with Gasteiger partial charge in [0.15, 0.2) is 0 Å². The first-order valence-corrected chi connectivity index (χ1v) is 6.46. The highest BCUT2D eigenvalue weighted by Gasteiger charge is 2.18. The molecule has 0 saturated heterocycles. The summed E-state index contributed by atoms with van der Waals surface area (Å²) in [5, 5.41) is 0.650. The molecule has 2 aromatic rings. The third-order valence-corrected chi connectivity index (χ3v) is 3.17. The topological polar surface area (TPSA) is 60.4 Å². The van der Waals surface area contributed by atoms with Crippen LogP contribution in [0.5, 0.6) is 5.75 Å². The van der Waals surface area contributed by atoms with Crippen LogP contribution >= 0.6 is 11.6 Å². The van der Waals surface area contributed by atoms with E-state index in [9.17, 15) is 0 Å². The molecule has 0 bridgehead atoms. The molecule has 4 nitrogen and oxygen atoms in total. The number of ether oxygens (including phenoxy) is 1. The minimum Gasteiger partial charge on any atom is -0.489 e. The zero-order valence-electron chi connectivity index (χ0n) is 10.7. The second kappa shape index (κ2) is 6.61. The predicted octanol–water partition coefficient (Wildman–Crippen LogP) is 2.77. The van der Waals surface area contributed by atoms with E-state index in [-0.39, 0.29) is 12.1 Å². The SMILES string of the molecule is CC(Oc1cccc(Cl)c1)C(Cc1ccoc1)NN. The number of nitrogens with one attached hydrogen (secondary N) is 1. The molecular weight excluding hydrogens is 264 g/mol. The first-order chi connectivity index (χ1) is 9.19. The minimum absolute atomic E-state index is 0.0171. The van der Waals surface area contributed by atoms with E-state index in [1.807, 2.05) is 31.2 Å². The Hall–Kier alpha value is -1.49. The third-order valence-electron chi connectivity index (χ3n) is 2.93. The zero-order valence-corrected chi connectivity index (χ0v) is 11.4. The second-order valence-electron chi connectivity index (χ2n) is 4.39. The van der Waals surface area contributed by atoms with Crippen molar-refractivity contribution in [2.45, 2.75) is 25.5 Å². The minimum atomic E-state index is -0.0987. The van der Waals surface area contributed by atoms with E-state index < -0.39 is 0 Å². The van der Waals surface area contributed by atoms with Crippen LogP contribution < -0.4 is 16.0 Å². The highest BCUT2D eigenvalue weighted by atomic mass is 35.5.